The maximum absolute atomic E-state index is 13.2. The highest BCUT2D eigenvalue weighted by molar-refractivity contribution is 7.09. The lowest BCUT2D eigenvalue weighted by atomic mass is 10.0. The molecule has 0 spiro atoms. The fourth-order valence-corrected chi connectivity index (χ4v) is 2.72. The van der Waals surface area contributed by atoms with Crippen LogP contribution in [-0.2, 0) is 0 Å². The molecule has 1 aromatic heterocycles. The highest BCUT2D eigenvalue weighted by Crippen LogP contribution is 2.25. The Kier molecular flexibility index (Phi) is 3.54. The Morgan fingerprint density at radius 2 is 2.12 bits per heavy atom. The van der Waals surface area contributed by atoms with E-state index >= 15 is 0 Å². The lowest BCUT2D eigenvalue weighted by Crippen LogP contribution is -2.17. The first kappa shape index (κ1) is 12.2. The van der Waals surface area contributed by atoms with Gasteiger partial charge in [-0.15, -0.1) is 11.3 Å². The molecule has 1 aromatic carbocycles. The van der Waals surface area contributed by atoms with Crippen LogP contribution in [0.2, 0.25) is 0 Å². The topological polar surface area (TPSA) is 24.9 Å². The molecule has 0 fully saturated rings. The van der Waals surface area contributed by atoms with Gasteiger partial charge in [0.05, 0.1) is 6.04 Å². The van der Waals surface area contributed by atoms with Crippen LogP contribution in [-0.4, -0.2) is 12.0 Å². The van der Waals surface area contributed by atoms with Crippen LogP contribution in [0.25, 0.3) is 0 Å². The van der Waals surface area contributed by atoms with Gasteiger partial charge >= 0.3 is 0 Å². The van der Waals surface area contributed by atoms with E-state index in [0.29, 0.717) is 5.56 Å². The van der Waals surface area contributed by atoms with E-state index < -0.39 is 0 Å². The zero-order valence-corrected chi connectivity index (χ0v) is 10.9. The van der Waals surface area contributed by atoms with Gasteiger partial charge in [0.1, 0.15) is 10.8 Å². The van der Waals surface area contributed by atoms with Gasteiger partial charge < -0.3 is 5.32 Å². The zero-order valence-electron chi connectivity index (χ0n) is 10.1. The molecule has 0 amide bonds. The molecule has 0 aliphatic carbocycles. The molecule has 0 radical (unpaired) electrons. The number of thiazole rings is 1. The van der Waals surface area contributed by atoms with Crippen molar-refractivity contribution in [3.63, 3.8) is 0 Å². The first-order chi connectivity index (χ1) is 8.11. The molecule has 4 heteroatoms. The van der Waals surface area contributed by atoms with Gasteiger partial charge in [0.25, 0.3) is 0 Å². The van der Waals surface area contributed by atoms with Crippen molar-refractivity contribution in [3.05, 3.63) is 51.2 Å². The van der Waals surface area contributed by atoms with Gasteiger partial charge in [-0.25, -0.2) is 9.37 Å². The fraction of sp³-hybridized carbons (Fsp3) is 0.308. The van der Waals surface area contributed by atoms with Crippen molar-refractivity contribution in [2.24, 2.45) is 0 Å². The third-order valence-corrected chi connectivity index (χ3v) is 3.72. The quantitative estimate of drug-likeness (QED) is 0.904. The van der Waals surface area contributed by atoms with E-state index in [2.05, 4.69) is 10.3 Å². The van der Waals surface area contributed by atoms with Gasteiger partial charge in [-0.2, -0.15) is 0 Å². The molecule has 1 N–H and O–H groups in total. The summed E-state index contributed by atoms with van der Waals surface area (Å²) in [6.07, 6.45) is 0. The number of halogens is 1. The molecule has 1 unspecified atom stereocenters. The SMILES string of the molecule is CNC(c1ccc(F)c(C)c1)c1nc(C)cs1. The molecular formula is C13H15FN2S. The summed E-state index contributed by atoms with van der Waals surface area (Å²) in [7, 11) is 1.89. The minimum Gasteiger partial charge on any atom is -0.307 e. The molecule has 0 saturated carbocycles. The van der Waals surface area contributed by atoms with Crippen molar-refractivity contribution in [1.29, 1.82) is 0 Å². The lowest BCUT2D eigenvalue weighted by Gasteiger charge is -2.14. The smallest absolute Gasteiger partial charge is 0.126 e. The molecule has 1 heterocycles. The van der Waals surface area contributed by atoms with Gasteiger partial charge in [0, 0.05) is 11.1 Å². The standard InChI is InChI=1S/C13H15FN2S/c1-8-6-10(4-5-11(8)14)12(15-3)13-16-9(2)7-17-13/h4-7,12,15H,1-3H3. The average molecular weight is 250 g/mol. The monoisotopic (exact) mass is 250 g/mol. The fourth-order valence-electron chi connectivity index (χ4n) is 1.78. The predicted octanol–water partition coefficient (Wildman–Crippen LogP) is 3.21. The number of rotatable bonds is 3. The Balaban J connectivity index is 2.38. The van der Waals surface area contributed by atoms with Crippen molar-refractivity contribution in [1.82, 2.24) is 10.3 Å². The van der Waals surface area contributed by atoms with Crippen LogP contribution in [0.15, 0.2) is 23.6 Å². The van der Waals surface area contributed by atoms with Crippen molar-refractivity contribution >= 4 is 11.3 Å². The van der Waals surface area contributed by atoms with Crippen molar-refractivity contribution in [2.75, 3.05) is 7.05 Å². The number of nitrogens with zero attached hydrogens (tertiary/aromatic N) is 1. The molecule has 0 aliphatic rings. The summed E-state index contributed by atoms with van der Waals surface area (Å²) in [4.78, 5) is 4.47. The Morgan fingerprint density at radius 1 is 1.35 bits per heavy atom. The van der Waals surface area contributed by atoms with Crippen LogP contribution in [0.3, 0.4) is 0 Å². The van der Waals surface area contributed by atoms with Crippen LogP contribution >= 0.6 is 11.3 Å². The zero-order chi connectivity index (χ0) is 12.4. The number of hydrogen-bond acceptors (Lipinski definition) is 3. The highest BCUT2D eigenvalue weighted by Gasteiger charge is 2.16. The maximum atomic E-state index is 13.2. The first-order valence-corrected chi connectivity index (χ1v) is 6.35. The van der Waals surface area contributed by atoms with Gasteiger partial charge in [-0.1, -0.05) is 12.1 Å². The Morgan fingerprint density at radius 3 is 2.65 bits per heavy atom. The second-order valence-corrected chi connectivity index (χ2v) is 4.95. The summed E-state index contributed by atoms with van der Waals surface area (Å²) in [5.74, 6) is -0.168. The second kappa shape index (κ2) is 4.94. The summed E-state index contributed by atoms with van der Waals surface area (Å²) in [6.45, 7) is 3.75. The Hall–Kier alpha value is -1.26. The van der Waals surface area contributed by atoms with Crippen LogP contribution in [0.4, 0.5) is 4.39 Å². The molecule has 0 aliphatic heterocycles. The van der Waals surface area contributed by atoms with E-state index in [9.17, 15) is 4.39 Å². The number of hydrogen-bond donors (Lipinski definition) is 1. The van der Waals surface area contributed by atoms with E-state index in [1.165, 1.54) is 6.07 Å². The molecule has 2 nitrogen and oxygen atoms in total. The van der Waals surface area contributed by atoms with E-state index in [1.54, 1.807) is 24.3 Å². The second-order valence-electron chi connectivity index (χ2n) is 4.06. The molecule has 0 saturated heterocycles. The molecule has 1 atom stereocenters. The third-order valence-electron chi connectivity index (χ3n) is 2.69. The van der Waals surface area contributed by atoms with E-state index in [4.69, 9.17) is 0 Å². The normalized spacial score (nSPS) is 12.7. The van der Waals surface area contributed by atoms with Crippen molar-refractivity contribution < 1.29 is 4.39 Å². The minimum atomic E-state index is -0.168. The molecule has 0 bridgehead atoms. The van der Waals surface area contributed by atoms with Crippen LogP contribution in [0, 0.1) is 19.7 Å². The van der Waals surface area contributed by atoms with Gasteiger partial charge in [0.15, 0.2) is 0 Å². The Bertz CT molecular complexity index is 522. The summed E-state index contributed by atoms with van der Waals surface area (Å²) >= 11 is 1.62. The Labute approximate surface area is 105 Å². The molecular weight excluding hydrogens is 235 g/mol. The van der Waals surface area contributed by atoms with E-state index in [-0.39, 0.29) is 11.9 Å². The number of aryl methyl sites for hydroxylation is 2. The molecule has 2 aromatic rings. The van der Waals surface area contributed by atoms with E-state index in [1.807, 2.05) is 25.4 Å². The molecule has 17 heavy (non-hydrogen) atoms. The minimum absolute atomic E-state index is 0.0352. The van der Waals surface area contributed by atoms with Crippen LogP contribution in [0.5, 0.6) is 0 Å². The lowest BCUT2D eigenvalue weighted by molar-refractivity contribution is 0.613. The van der Waals surface area contributed by atoms with Gasteiger partial charge in [-0.3, -0.25) is 0 Å². The number of benzene rings is 1. The summed E-state index contributed by atoms with van der Waals surface area (Å²) < 4.78 is 13.2. The van der Waals surface area contributed by atoms with Gasteiger partial charge in [0.2, 0.25) is 0 Å². The highest BCUT2D eigenvalue weighted by atomic mass is 32.1. The summed E-state index contributed by atoms with van der Waals surface area (Å²) in [5.41, 5.74) is 2.72. The van der Waals surface area contributed by atoms with Crippen molar-refractivity contribution in [2.45, 2.75) is 19.9 Å². The van der Waals surface area contributed by atoms with Crippen LogP contribution in [0.1, 0.15) is 27.9 Å². The predicted molar refractivity (Wildman–Crippen MR) is 68.9 cm³/mol. The first-order valence-electron chi connectivity index (χ1n) is 5.47. The largest absolute Gasteiger partial charge is 0.307 e. The summed E-state index contributed by atoms with van der Waals surface area (Å²) in [6, 6.07) is 5.22. The summed E-state index contributed by atoms with van der Waals surface area (Å²) in [5, 5.41) is 6.25. The third kappa shape index (κ3) is 2.53. The molecule has 90 valence electrons. The van der Waals surface area contributed by atoms with Crippen LogP contribution < -0.4 is 5.32 Å². The number of aromatic nitrogens is 1. The average Bonchev–Trinajstić information content (AvgIpc) is 2.71. The van der Waals surface area contributed by atoms with Crippen molar-refractivity contribution in [3.8, 4) is 0 Å². The maximum Gasteiger partial charge on any atom is 0.126 e. The molecule has 2 rings (SSSR count). The number of nitrogens with one attached hydrogen (secondary N) is 1. The van der Waals surface area contributed by atoms with Gasteiger partial charge in [-0.05, 0) is 38.1 Å². The van der Waals surface area contributed by atoms with E-state index in [0.717, 1.165) is 16.3 Å².